The predicted octanol–water partition coefficient (Wildman–Crippen LogP) is 4.21. The van der Waals surface area contributed by atoms with E-state index in [9.17, 15) is 4.79 Å². The number of hydrogen-bond donors (Lipinski definition) is 3. The summed E-state index contributed by atoms with van der Waals surface area (Å²) in [4.78, 5) is 21.0. The van der Waals surface area contributed by atoms with Gasteiger partial charge in [-0.15, -0.1) is 0 Å². The van der Waals surface area contributed by atoms with Crippen molar-refractivity contribution in [3.63, 3.8) is 0 Å². The standard InChI is InChI=1S/C25H29N5O3/c1-32-16-29-25(31)18-6-5-7-19(14-18)30-24-22(23(26)27-15-28-24)17-10-12-21(13-11-17)33-20-8-3-2-4-9-20/h2-4,8-13,15,18-19H,5-7,14,16H2,1H3,(H,29,31)(H3,26,27,28,30). The van der Waals surface area contributed by atoms with Crippen molar-refractivity contribution in [1.29, 1.82) is 0 Å². The van der Waals surface area contributed by atoms with E-state index < -0.39 is 0 Å². The Morgan fingerprint density at radius 3 is 2.58 bits per heavy atom. The highest BCUT2D eigenvalue weighted by atomic mass is 16.5. The normalized spacial score (nSPS) is 17.8. The molecule has 1 amide bonds. The fourth-order valence-electron chi connectivity index (χ4n) is 4.15. The van der Waals surface area contributed by atoms with E-state index in [4.69, 9.17) is 15.2 Å². The number of para-hydroxylation sites is 1. The number of hydrogen-bond acceptors (Lipinski definition) is 7. The van der Waals surface area contributed by atoms with E-state index in [0.717, 1.165) is 48.3 Å². The number of carbonyl (C=O) groups excluding carboxylic acids is 1. The van der Waals surface area contributed by atoms with Crippen LogP contribution in [-0.4, -0.2) is 35.8 Å². The molecule has 2 unspecified atom stereocenters. The zero-order valence-corrected chi connectivity index (χ0v) is 18.7. The van der Waals surface area contributed by atoms with Gasteiger partial charge in [0.25, 0.3) is 0 Å². The molecule has 1 aliphatic rings. The van der Waals surface area contributed by atoms with Gasteiger partial charge in [-0.25, -0.2) is 9.97 Å². The molecule has 1 fully saturated rings. The highest BCUT2D eigenvalue weighted by molar-refractivity contribution is 5.84. The number of anilines is 2. The van der Waals surface area contributed by atoms with Crippen LogP contribution in [0.25, 0.3) is 11.1 Å². The van der Waals surface area contributed by atoms with Gasteiger partial charge in [0, 0.05) is 19.1 Å². The third-order valence-electron chi connectivity index (χ3n) is 5.78. The third kappa shape index (κ3) is 5.78. The van der Waals surface area contributed by atoms with E-state index in [2.05, 4.69) is 20.6 Å². The summed E-state index contributed by atoms with van der Waals surface area (Å²) in [7, 11) is 1.56. The molecule has 0 bridgehead atoms. The van der Waals surface area contributed by atoms with Gasteiger partial charge < -0.3 is 25.8 Å². The van der Waals surface area contributed by atoms with Gasteiger partial charge >= 0.3 is 0 Å². The molecule has 4 N–H and O–H groups in total. The fourth-order valence-corrected chi connectivity index (χ4v) is 4.15. The van der Waals surface area contributed by atoms with Crippen molar-refractivity contribution in [1.82, 2.24) is 15.3 Å². The molecule has 33 heavy (non-hydrogen) atoms. The smallest absolute Gasteiger partial charge is 0.224 e. The second kappa shape index (κ2) is 10.8. The van der Waals surface area contributed by atoms with Gasteiger partial charge in [0.05, 0.1) is 5.56 Å². The Morgan fingerprint density at radius 2 is 1.82 bits per heavy atom. The summed E-state index contributed by atoms with van der Waals surface area (Å²) in [5, 5.41) is 6.32. The molecule has 2 atom stereocenters. The molecule has 1 aromatic heterocycles. The van der Waals surface area contributed by atoms with Crippen molar-refractivity contribution < 1.29 is 14.3 Å². The van der Waals surface area contributed by atoms with E-state index in [-0.39, 0.29) is 24.6 Å². The number of nitrogens with two attached hydrogens (primary N) is 1. The maximum Gasteiger partial charge on any atom is 0.224 e. The molecule has 0 saturated heterocycles. The second-order valence-corrected chi connectivity index (χ2v) is 8.10. The van der Waals surface area contributed by atoms with E-state index >= 15 is 0 Å². The quantitative estimate of drug-likeness (QED) is 0.444. The molecule has 2 aromatic carbocycles. The first kappa shape index (κ1) is 22.5. The zero-order valence-electron chi connectivity index (χ0n) is 18.7. The first-order chi connectivity index (χ1) is 16.1. The number of nitrogens with one attached hydrogen (secondary N) is 2. The summed E-state index contributed by atoms with van der Waals surface area (Å²) >= 11 is 0. The Labute approximate surface area is 193 Å². The highest BCUT2D eigenvalue weighted by Gasteiger charge is 2.28. The third-order valence-corrected chi connectivity index (χ3v) is 5.78. The van der Waals surface area contributed by atoms with Crippen molar-refractivity contribution in [2.75, 3.05) is 24.9 Å². The fraction of sp³-hybridized carbons (Fsp3) is 0.320. The largest absolute Gasteiger partial charge is 0.457 e. The van der Waals surface area contributed by atoms with Gasteiger partial charge in [-0.05, 0) is 49.1 Å². The van der Waals surface area contributed by atoms with Crippen molar-refractivity contribution in [3.8, 4) is 22.6 Å². The Hall–Kier alpha value is -3.65. The van der Waals surface area contributed by atoms with Crippen LogP contribution in [0.5, 0.6) is 11.5 Å². The van der Waals surface area contributed by atoms with Crippen molar-refractivity contribution >= 4 is 17.5 Å². The Bertz CT molecular complexity index is 1060. The highest BCUT2D eigenvalue weighted by Crippen LogP contribution is 2.35. The lowest BCUT2D eigenvalue weighted by molar-refractivity contribution is -0.127. The minimum atomic E-state index is -0.0524. The number of methoxy groups -OCH3 is 1. The lowest BCUT2D eigenvalue weighted by Crippen LogP contribution is -2.38. The van der Waals surface area contributed by atoms with Gasteiger partial charge in [-0.1, -0.05) is 36.8 Å². The predicted molar refractivity (Wildman–Crippen MR) is 128 cm³/mol. The first-order valence-corrected chi connectivity index (χ1v) is 11.1. The molecule has 1 saturated carbocycles. The maximum absolute atomic E-state index is 12.4. The van der Waals surface area contributed by atoms with Crippen LogP contribution >= 0.6 is 0 Å². The molecule has 8 heteroatoms. The Balaban J connectivity index is 1.49. The molecule has 3 aromatic rings. The van der Waals surface area contributed by atoms with Crippen LogP contribution in [0.2, 0.25) is 0 Å². The van der Waals surface area contributed by atoms with E-state index in [1.165, 1.54) is 6.33 Å². The number of benzene rings is 2. The topological polar surface area (TPSA) is 111 Å². The Kier molecular flexibility index (Phi) is 7.36. The lowest BCUT2D eigenvalue weighted by Gasteiger charge is -2.30. The Morgan fingerprint density at radius 1 is 1.06 bits per heavy atom. The molecule has 1 aliphatic carbocycles. The molecule has 1 heterocycles. The molecule has 4 rings (SSSR count). The summed E-state index contributed by atoms with van der Waals surface area (Å²) in [6.07, 6.45) is 4.98. The van der Waals surface area contributed by atoms with Gasteiger partial charge in [0.1, 0.15) is 36.2 Å². The monoisotopic (exact) mass is 447 g/mol. The molecule has 0 aliphatic heterocycles. The van der Waals surface area contributed by atoms with Crippen LogP contribution in [0.1, 0.15) is 25.7 Å². The van der Waals surface area contributed by atoms with Gasteiger partial charge in [0.15, 0.2) is 0 Å². The number of nitrogen functional groups attached to an aromatic ring is 1. The number of carbonyl (C=O) groups is 1. The maximum atomic E-state index is 12.4. The van der Waals surface area contributed by atoms with E-state index in [1.54, 1.807) is 7.11 Å². The molecular formula is C25H29N5O3. The van der Waals surface area contributed by atoms with Gasteiger partial charge in [0.2, 0.25) is 5.91 Å². The summed E-state index contributed by atoms with van der Waals surface area (Å²) in [5.41, 5.74) is 7.89. The number of aromatic nitrogens is 2. The summed E-state index contributed by atoms with van der Waals surface area (Å²) in [5.74, 6) is 2.54. The van der Waals surface area contributed by atoms with Crippen LogP contribution < -0.4 is 21.1 Å². The molecule has 172 valence electrons. The minimum Gasteiger partial charge on any atom is -0.457 e. The summed E-state index contributed by atoms with van der Waals surface area (Å²) in [6.45, 7) is 0.226. The molecule has 0 radical (unpaired) electrons. The van der Waals surface area contributed by atoms with Crippen molar-refractivity contribution in [2.24, 2.45) is 5.92 Å². The number of ether oxygens (including phenoxy) is 2. The van der Waals surface area contributed by atoms with Crippen molar-refractivity contribution in [2.45, 2.75) is 31.7 Å². The minimum absolute atomic E-state index is 0.0276. The van der Waals surface area contributed by atoms with Gasteiger partial charge in [-0.3, -0.25) is 4.79 Å². The average molecular weight is 448 g/mol. The van der Waals surface area contributed by atoms with Gasteiger partial charge in [-0.2, -0.15) is 0 Å². The van der Waals surface area contributed by atoms with Crippen molar-refractivity contribution in [3.05, 3.63) is 60.9 Å². The number of rotatable bonds is 8. The molecule has 0 spiro atoms. The second-order valence-electron chi connectivity index (χ2n) is 8.10. The molecule has 8 nitrogen and oxygen atoms in total. The van der Waals surface area contributed by atoms with Crippen LogP contribution in [0.15, 0.2) is 60.9 Å². The average Bonchev–Trinajstić information content (AvgIpc) is 2.84. The lowest BCUT2D eigenvalue weighted by atomic mass is 9.85. The SMILES string of the molecule is COCNC(=O)C1CCCC(Nc2ncnc(N)c2-c2ccc(Oc3ccccc3)cc2)C1. The van der Waals surface area contributed by atoms with Crippen LogP contribution in [0.3, 0.4) is 0 Å². The van der Waals surface area contributed by atoms with Crippen LogP contribution in [0.4, 0.5) is 11.6 Å². The summed E-state index contributed by atoms with van der Waals surface area (Å²) < 4.78 is 10.8. The number of nitrogens with zero attached hydrogens (tertiary/aromatic N) is 2. The summed E-state index contributed by atoms with van der Waals surface area (Å²) in [6, 6.07) is 17.4. The van der Waals surface area contributed by atoms with E-state index in [1.807, 2.05) is 54.6 Å². The van der Waals surface area contributed by atoms with Crippen LogP contribution in [-0.2, 0) is 9.53 Å². The molecular weight excluding hydrogens is 418 g/mol. The zero-order chi connectivity index (χ0) is 23.0. The first-order valence-electron chi connectivity index (χ1n) is 11.1. The van der Waals surface area contributed by atoms with Crippen LogP contribution in [0, 0.1) is 5.92 Å². The number of amides is 1. The van der Waals surface area contributed by atoms with E-state index in [0.29, 0.717) is 11.6 Å².